The van der Waals surface area contributed by atoms with E-state index in [1.807, 2.05) is 11.9 Å². The molecule has 3 heteroatoms. The van der Waals surface area contributed by atoms with Crippen molar-refractivity contribution < 1.29 is 9.90 Å². The summed E-state index contributed by atoms with van der Waals surface area (Å²) in [6.45, 7) is 4.47. The zero-order chi connectivity index (χ0) is 9.35. The van der Waals surface area contributed by atoms with Crippen molar-refractivity contribution in [1.29, 1.82) is 0 Å². The van der Waals surface area contributed by atoms with Gasteiger partial charge in [0.1, 0.15) is 0 Å². The Labute approximate surface area is 73.4 Å². The first-order chi connectivity index (χ1) is 5.46. The van der Waals surface area contributed by atoms with Crippen molar-refractivity contribution in [2.75, 3.05) is 13.6 Å². The van der Waals surface area contributed by atoms with E-state index in [1.165, 1.54) is 12.8 Å². The molecule has 1 atom stereocenters. The summed E-state index contributed by atoms with van der Waals surface area (Å²) in [5, 5.41) is 8.58. The Morgan fingerprint density at radius 2 is 2.17 bits per heavy atom. The maximum Gasteiger partial charge on any atom is 0.317 e. The number of hydrogen-bond donors (Lipinski definition) is 1. The highest BCUT2D eigenvalue weighted by molar-refractivity contribution is 5.69. The van der Waals surface area contributed by atoms with E-state index >= 15 is 0 Å². The summed E-state index contributed by atoms with van der Waals surface area (Å²) in [5.74, 6) is -0.742. The van der Waals surface area contributed by atoms with Crippen LogP contribution in [-0.4, -0.2) is 35.6 Å². The van der Waals surface area contributed by atoms with Gasteiger partial charge in [-0.15, -0.1) is 0 Å². The van der Waals surface area contributed by atoms with Gasteiger partial charge in [-0.3, -0.25) is 9.69 Å². The first kappa shape index (κ1) is 9.52. The standard InChI is InChI=1S/C9H17NO2/c1-7(9(2)4-5-9)10(3)6-8(11)12/h7H,4-6H2,1-3H3,(H,11,12). The molecule has 0 spiro atoms. The molecule has 1 saturated carbocycles. The molecule has 0 aromatic rings. The minimum Gasteiger partial charge on any atom is -0.480 e. The highest BCUT2D eigenvalue weighted by Crippen LogP contribution is 2.49. The van der Waals surface area contributed by atoms with Gasteiger partial charge in [0.05, 0.1) is 6.54 Å². The predicted molar refractivity (Wildman–Crippen MR) is 47.1 cm³/mol. The largest absolute Gasteiger partial charge is 0.480 e. The van der Waals surface area contributed by atoms with E-state index < -0.39 is 5.97 Å². The normalized spacial score (nSPS) is 22.3. The third-order valence-corrected chi connectivity index (χ3v) is 3.09. The molecular formula is C9H17NO2. The van der Waals surface area contributed by atoms with Gasteiger partial charge in [-0.25, -0.2) is 0 Å². The van der Waals surface area contributed by atoms with Crippen molar-refractivity contribution in [3.63, 3.8) is 0 Å². The fourth-order valence-corrected chi connectivity index (χ4v) is 1.50. The van der Waals surface area contributed by atoms with Gasteiger partial charge in [0, 0.05) is 6.04 Å². The van der Waals surface area contributed by atoms with Crippen LogP contribution in [0.15, 0.2) is 0 Å². The van der Waals surface area contributed by atoms with Crippen LogP contribution in [0.25, 0.3) is 0 Å². The lowest BCUT2D eigenvalue weighted by Crippen LogP contribution is -2.38. The quantitative estimate of drug-likeness (QED) is 0.690. The third kappa shape index (κ3) is 1.97. The maximum absolute atomic E-state index is 10.4. The molecular weight excluding hydrogens is 154 g/mol. The monoisotopic (exact) mass is 171 g/mol. The molecule has 0 amide bonds. The minimum atomic E-state index is -0.742. The summed E-state index contributed by atoms with van der Waals surface area (Å²) in [5.41, 5.74) is 0.379. The average molecular weight is 171 g/mol. The summed E-state index contributed by atoms with van der Waals surface area (Å²) in [6.07, 6.45) is 2.47. The molecule has 0 bridgehead atoms. The Kier molecular flexibility index (Phi) is 2.42. The minimum absolute atomic E-state index is 0.150. The summed E-state index contributed by atoms with van der Waals surface area (Å²) in [4.78, 5) is 12.3. The topological polar surface area (TPSA) is 40.5 Å². The lowest BCUT2D eigenvalue weighted by Gasteiger charge is -2.28. The van der Waals surface area contributed by atoms with Crippen LogP contribution in [0.5, 0.6) is 0 Å². The molecule has 1 aliphatic rings. The molecule has 3 nitrogen and oxygen atoms in total. The fourth-order valence-electron chi connectivity index (χ4n) is 1.50. The lowest BCUT2D eigenvalue weighted by atomic mass is 10.00. The van der Waals surface area contributed by atoms with Crippen LogP contribution in [0.1, 0.15) is 26.7 Å². The Hall–Kier alpha value is -0.570. The molecule has 0 aromatic carbocycles. The van der Waals surface area contributed by atoms with E-state index in [0.29, 0.717) is 11.5 Å². The number of hydrogen-bond acceptors (Lipinski definition) is 2. The Bertz CT molecular complexity index is 187. The first-order valence-electron chi connectivity index (χ1n) is 4.38. The number of rotatable bonds is 4. The zero-order valence-corrected chi connectivity index (χ0v) is 8.00. The molecule has 1 fully saturated rings. The van der Waals surface area contributed by atoms with Gasteiger partial charge >= 0.3 is 5.97 Å². The average Bonchev–Trinajstić information content (AvgIpc) is 2.66. The van der Waals surface area contributed by atoms with Crippen LogP contribution in [0, 0.1) is 5.41 Å². The predicted octanol–water partition coefficient (Wildman–Crippen LogP) is 1.19. The van der Waals surface area contributed by atoms with Crippen LogP contribution >= 0.6 is 0 Å². The van der Waals surface area contributed by atoms with Crippen LogP contribution < -0.4 is 0 Å². The van der Waals surface area contributed by atoms with Crippen molar-refractivity contribution in [3.8, 4) is 0 Å². The van der Waals surface area contributed by atoms with E-state index in [4.69, 9.17) is 5.11 Å². The summed E-state index contributed by atoms with van der Waals surface area (Å²) >= 11 is 0. The van der Waals surface area contributed by atoms with Crippen molar-refractivity contribution in [2.45, 2.75) is 32.7 Å². The third-order valence-electron chi connectivity index (χ3n) is 3.09. The fraction of sp³-hybridized carbons (Fsp3) is 0.889. The van der Waals surface area contributed by atoms with Gasteiger partial charge in [-0.1, -0.05) is 6.92 Å². The molecule has 0 saturated heterocycles. The second-order valence-electron chi connectivity index (χ2n) is 4.14. The molecule has 12 heavy (non-hydrogen) atoms. The SMILES string of the molecule is CC(N(C)CC(=O)O)C1(C)CC1. The Morgan fingerprint density at radius 1 is 1.67 bits per heavy atom. The summed E-state index contributed by atoms with van der Waals surface area (Å²) in [6, 6.07) is 0.383. The molecule has 1 N–H and O–H groups in total. The molecule has 1 aliphatic carbocycles. The molecule has 0 aromatic heterocycles. The van der Waals surface area contributed by atoms with Crippen LogP contribution in [0.2, 0.25) is 0 Å². The van der Waals surface area contributed by atoms with Gasteiger partial charge in [-0.05, 0) is 32.2 Å². The Balaban J connectivity index is 2.41. The van der Waals surface area contributed by atoms with Crippen molar-refractivity contribution in [3.05, 3.63) is 0 Å². The van der Waals surface area contributed by atoms with Crippen LogP contribution in [-0.2, 0) is 4.79 Å². The Morgan fingerprint density at radius 3 is 2.50 bits per heavy atom. The molecule has 70 valence electrons. The van der Waals surface area contributed by atoms with E-state index in [2.05, 4.69) is 13.8 Å². The number of carbonyl (C=O) groups is 1. The van der Waals surface area contributed by atoms with E-state index in [1.54, 1.807) is 0 Å². The van der Waals surface area contributed by atoms with Crippen molar-refractivity contribution >= 4 is 5.97 Å². The number of carboxylic acids is 1. The first-order valence-corrected chi connectivity index (χ1v) is 4.38. The van der Waals surface area contributed by atoms with E-state index in [9.17, 15) is 4.79 Å². The lowest BCUT2D eigenvalue weighted by molar-refractivity contribution is -0.138. The summed E-state index contributed by atoms with van der Waals surface area (Å²) in [7, 11) is 1.88. The van der Waals surface area contributed by atoms with Crippen molar-refractivity contribution in [1.82, 2.24) is 4.90 Å². The molecule has 1 rings (SSSR count). The van der Waals surface area contributed by atoms with Crippen LogP contribution in [0.4, 0.5) is 0 Å². The maximum atomic E-state index is 10.4. The zero-order valence-electron chi connectivity index (χ0n) is 8.00. The highest BCUT2D eigenvalue weighted by atomic mass is 16.4. The second-order valence-corrected chi connectivity index (χ2v) is 4.14. The highest BCUT2D eigenvalue weighted by Gasteiger charge is 2.44. The molecule has 1 unspecified atom stereocenters. The van der Waals surface area contributed by atoms with Crippen molar-refractivity contribution in [2.24, 2.45) is 5.41 Å². The van der Waals surface area contributed by atoms with Gasteiger partial charge in [0.15, 0.2) is 0 Å². The van der Waals surface area contributed by atoms with E-state index in [0.717, 1.165) is 0 Å². The number of likely N-dealkylation sites (N-methyl/N-ethyl adjacent to an activating group) is 1. The van der Waals surface area contributed by atoms with Gasteiger partial charge in [0.25, 0.3) is 0 Å². The van der Waals surface area contributed by atoms with Crippen LogP contribution in [0.3, 0.4) is 0 Å². The van der Waals surface area contributed by atoms with Gasteiger partial charge in [0.2, 0.25) is 0 Å². The second kappa shape index (κ2) is 3.05. The molecule has 0 aliphatic heterocycles. The molecule has 0 radical (unpaired) electrons. The number of carboxylic acid groups (broad SMARTS) is 1. The molecule has 0 heterocycles. The number of nitrogens with zero attached hydrogens (tertiary/aromatic N) is 1. The summed E-state index contributed by atoms with van der Waals surface area (Å²) < 4.78 is 0. The van der Waals surface area contributed by atoms with E-state index in [-0.39, 0.29) is 6.54 Å². The smallest absolute Gasteiger partial charge is 0.317 e. The van der Waals surface area contributed by atoms with Gasteiger partial charge < -0.3 is 5.11 Å². The van der Waals surface area contributed by atoms with Gasteiger partial charge in [-0.2, -0.15) is 0 Å². The number of aliphatic carboxylic acids is 1.